The van der Waals surface area contributed by atoms with Crippen molar-refractivity contribution in [3.05, 3.63) is 30.5 Å². The van der Waals surface area contributed by atoms with Crippen molar-refractivity contribution >= 4 is 17.6 Å². The molecule has 2 N–H and O–H groups in total. The zero-order chi connectivity index (χ0) is 12.8. The van der Waals surface area contributed by atoms with E-state index in [1.165, 1.54) is 11.8 Å². The van der Waals surface area contributed by atoms with Crippen molar-refractivity contribution in [2.45, 2.75) is 23.6 Å². The molecule has 0 aliphatic carbocycles. The maximum atomic E-state index is 5.73. The van der Waals surface area contributed by atoms with Gasteiger partial charge in [-0.1, -0.05) is 0 Å². The Morgan fingerprint density at radius 3 is 2.89 bits per heavy atom. The van der Waals surface area contributed by atoms with Gasteiger partial charge in [-0.25, -0.2) is 15.0 Å². The molecule has 0 aromatic carbocycles. The predicted molar refractivity (Wildman–Crippen MR) is 67.9 cm³/mol. The SMILES string of the molecule is CCOCc1nc(N)cc(Sc2cnccn2)n1. The Morgan fingerprint density at radius 1 is 1.28 bits per heavy atom. The number of aromatic nitrogens is 4. The Kier molecular flexibility index (Phi) is 4.43. The molecule has 0 amide bonds. The highest BCUT2D eigenvalue weighted by molar-refractivity contribution is 7.99. The Bertz CT molecular complexity index is 508. The van der Waals surface area contributed by atoms with Gasteiger partial charge >= 0.3 is 0 Å². The van der Waals surface area contributed by atoms with Gasteiger partial charge in [-0.3, -0.25) is 4.98 Å². The van der Waals surface area contributed by atoms with Gasteiger partial charge in [-0.2, -0.15) is 0 Å². The van der Waals surface area contributed by atoms with Crippen LogP contribution in [0.25, 0.3) is 0 Å². The molecule has 0 bridgehead atoms. The third-order valence-corrected chi connectivity index (χ3v) is 2.79. The lowest BCUT2D eigenvalue weighted by Crippen LogP contribution is -2.03. The molecule has 0 radical (unpaired) electrons. The molecule has 0 unspecified atom stereocenters. The molecular weight excluding hydrogens is 250 g/mol. The smallest absolute Gasteiger partial charge is 0.157 e. The average molecular weight is 263 g/mol. The highest BCUT2D eigenvalue weighted by Crippen LogP contribution is 2.24. The number of nitrogens with two attached hydrogens (primary N) is 1. The first-order valence-corrected chi connectivity index (χ1v) is 6.24. The van der Waals surface area contributed by atoms with E-state index in [0.29, 0.717) is 24.9 Å². The fourth-order valence-corrected chi connectivity index (χ4v) is 2.02. The lowest BCUT2D eigenvalue weighted by Gasteiger charge is -2.05. The monoisotopic (exact) mass is 263 g/mol. The number of hydrogen-bond donors (Lipinski definition) is 1. The van der Waals surface area contributed by atoms with Crippen molar-refractivity contribution in [3.8, 4) is 0 Å². The Labute approximate surface area is 109 Å². The van der Waals surface area contributed by atoms with Gasteiger partial charge in [-0.15, -0.1) is 0 Å². The molecule has 0 spiro atoms. The van der Waals surface area contributed by atoms with E-state index >= 15 is 0 Å². The number of hydrogen-bond acceptors (Lipinski definition) is 7. The molecule has 0 aliphatic heterocycles. The van der Waals surface area contributed by atoms with Gasteiger partial charge in [0.15, 0.2) is 5.82 Å². The van der Waals surface area contributed by atoms with E-state index in [1.807, 2.05) is 6.92 Å². The summed E-state index contributed by atoms with van der Waals surface area (Å²) in [6.07, 6.45) is 4.93. The maximum absolute atomic E-state index is 5.73. The second kappa shape index (κ2) is 6.27. The molecule has 0 fully saturated rings. The van der Waals surface area contributed by atoms with Gasteiger partial charge in [0.25, 0.3) is 0 Å². The molecule has 94 valence electrons. The van der Waals surface area contributed by atoms with Crippen LogP contribution in [0.3, 0.4) is 0 Å². The lowest BCUT2D eigenvalue weighted by molar-refractivity contribution is 0.128. The van der Waals surface area contributed by atoms with Gasteiger partial charge in [0.1, 0.15) is 22.5 Å². The molecule has 18 heavy (non-hydrogen) atoms. The molecule has 0 aliphatic rings. The molecule has 2 aromatic rings. The molecule has 2 aromatic heterocycles. The summed E-state index contributed by atoms with van der Waals surface area (Å²) in [5, 5.41) is 1.50. The Balaban J connectivity index is 2.15. The first-order valence-electron chi connectivity index (χ1n) is 5.43. The molecule has 6 nitrogen and oxygen atoms in total. The van der Waals surface area contributed by atoms with Crippen molar-refractivity contribution < 1.29 is 4.74 Å². The zero-order valence-corrected chi connectivity index (χ0v) is 10.7. The summed E-state index contributed by atoms with van der Waals surface area (Å²) in [7, 11) is 0. The summed E-state index contributed by atoms with van der Waals surface area (Å²) in [6, 6.07) is 1.70. The molecule has 2 heterocycles. The summed E-state index contributed by atoms with van der Waals surface area (Å²) < 4.78 is 5.26. The van der Waals surface area contributed by atoms with E-state index in [4.69, 9.17) is 10.5 Å². The second-order valence-electron chi connectivity index (χ2n) is 3.33. The third kappa shape index (κ3) is 3.64. The summed E-state index contributed by atoms with van der Waals surface area (Å²) in [4.78, 5) is 16.6. The van der Waals surface area contributed by atoms with Crippen LogP contribution < -0.4 is 5.73 Å². The molecule has 0 saturated heterocycles. The summed E-state index contributed by atoms with van der Waals surface area (Å²) >= 11 is 1.39. The third-order valence-electron chi connectivity index (χ3n) is 1.95. The Morgan fingerprint density at radius 2 is 2.17 bits per heavy atom. The van der Waals surface area contributed by atoms with Crippen LogP contribution in [0.4, 0.5) is 5.82 Å². The van der Waals surface area contributed by atoms with Crippen molar-refractivity contribution in [1.29, 1.82) is 0 Å². The second-order valence-corrected chi connectivity index (χ2v) is 4.37. The van der Waals surface area contributed by atoms with Gasteiger partial charge in [0, 0.05) is 25.1 Å². The highest BCUT2D eigenvalue weighted by atomic mass is 32.2. The van der Waals surface area contributed by atoms with Crippen LogP contribution in [0.1, 0.15) is 12.7 Å². The van der Waals surface area contributed by atoms with Crippen LogP contribution in [0.5, 0.6) is 0 Å². The van der Waals surface area contributed by atoms with E-state index in [2.05, 4.69) is 19.9 Å². The molecule has 2 rings (SSSR count). The molecule has 0 saturated carbocycles. The predicted octanol–water partition coefficient (Wildman–Crippen LogP) is 1.54. The van der Waals surface area contributed by atoms with Crippen molar-refractivity contribution in [2.75, 3.05) is 12.3 Å². The van der Waals surface area contributed by atoms with E-state index in [-0.39, 0.29) is 0 Å². The van der Waals surface area contributed by atoms with Crippen LogP contribution in [-0.4, -0.2) is 26.5 Å². The van der Waals surface area contributed by atoms with E-state index in [1.54, 1.807) is 24.7 Å². The van der Waals surface area contributed by atoms with Crippen LogP contribution >= 0.6 is 11.8 Å². The quantitative estimate of drug-likeness (QED) is 0.818. The fourth-order valence-electron chi connectivity index (χ4n) is 1.25. The first-order chi connectivity index (χ1) is 8.78. The van der Waals surface area contributed by atoms with Gasteiger partial charge in [0.05, 0.1) is 6.20 Å². The van der Waals surface area contributed by atoms with Gasteiger partial charge in [0.2, 0.25) is 0 Å². The molecule has 7 heteroatoms. The topological polar surface area (TPSA) is 86.8 Å². The minimum absolute atomic E-state index is 0.357. The summed E-state index contributed by atoms with van der Waals surface area (Å²) in [5.41, 5.74) is 5.73. The normalized spacial score (nSPS) is 10.5. The summed E-state index contributed by atoms with van der Waals surface area (Å²) in [6.45, 7) is 2.89. The number of nitrogen functional groups attached to an aromatic ring is 1. The lowest BCUT2D eigenvalue weighted by atomic mass is 10.5. The first kappa shape index (κ1) is 12.7. The average Bonchev–Trinajstić information content (AvgIpc) is 2.37. The largest absolute Gasteiger partial charge is 0.384 e. The molecular formula is C11H13N5OS. The fraction of sp³-hybridized carbons (Fsp3) is 0.273. The minimum atomic E-state index is 0.357. The number of rotatable bonds is 5. The van der Waals surface area contributed by atoms with Gasteiger partial charge < -0.3 is 10.5 Å². The molecule has 0 atom stereocenters. The van der Waals surface area contributed by atoms with E-state index < -0.39 is 0 Å². The van der Waals surface area contributed by atoms with Crippen LogP contribution in [0.2, 0.25) is 0 Å². The standard InChI is InChI=1S/C11H13N5OS/c1-2-17-7-9-15-8(12)5-10(16-9)18-11-6-13-3-4-14-11/h3-6H,2,7H2,1H3,(H2,12,15,16). The maximum Gasteiger partial charge on any atom is 0.157 e. The van der Waals surface area contributed by atoms with Crippen molar-refractivity contribution in [2.24, 2.45) is 0 Å². The Hall–Kier alpha value is -1.73. The summed E-state index contributed by atoms with van der Waals surface area (Å²) in [5.74, 6) is 0.995. The number of nitrogens with zero attached hydrogens (tertiary/aromatic N) is 4. The van der Waals surface area contributed by atoms with E-state index in [9.17, 15) is 0 Å². The van der Waals surface area contributed by atoms with E-state index in [0.717, 1.165) is 10.1 Å². The highest BCUT2D eigenvalue weighted by Gasteiger charge is 2.05. The number of anilines is 1. The van der Waals surface area contributed by atoms with Crippen molar-refractivity contribution in [3.63, 3.8) is 0 Å². The van der Waals surface area contributed by atoms with Crippen LogP contribution in [-0.2, 0) is 11.3 Å². The van der Waals surface area contributed by atoms with Crippen LogP contribution in [0.15, 0.2) is 34.7 Å². The zero-order valence-electron chi connectivity index (χ0n) is 9.91. The number of ether oxygens (including phenoxy) is 1. The van der Waals surface area contributed by atoms with Gasteiger partial charge in [-0.05, 0) is 18.7 Å². The minimum Gasteiger partial charge on any atom is -0.384 e. The van der Waals surface area contributed by atoms with Crippen LogP contribution in [0, 0.1) is 0 Å². The van der Waals surface area contributed by atoms with Crippen molar-refractivity contribution in [1.82, 2.24) is 19.9 Å².